The lowest BCUT2D eigenvalue weighted by Crippen LogP contribution is -2.18. The molecular formula is C2HCl2NO3. The van der Waals surface area contributed by atoms with Crippen molar-refractivity contribution in [3.05, 3.63) is 10.1 Å². The highest BCUT2D eigenvalue weighted by molar-refractivity contribution is 6.68. The number of nitro groups is 1. The van der Waals surface area contributed by atoms with Crippen LogP contribution < -0.4 is 0 Å². The zero-order valence-electron chi connectivity index (χ0n) is 3.51. The second-order valence-electron chi connectivity index (χ2n) is 0.925. The highest BCUT2D eigenvalue weighted by atomic mass is 35.5. The van der Waals surface area contributed by atoms with Crippen molar-refractivity contribution in [3.63, 3.8) is 0 Å². The van der Waals surface area contributed by atoms with Crippen molar-refractivity contribution in [1.29, 1.82) is 0 Å². The van der Waals surface area contributed by atoms with Gasteiger partial charge in [0, 0.05) is 4.92 Å². The second-order valence-corrected chi connectivity index (χ2v) is 1.71. The van der Waals surface area contributed by atoms with Gasteiger partial charge in [-0.3, -0.25) is 14.9 Å². The molecule has 0 rings (SSSR count). The summed E-state index contributed by atoms with van der Waals surface area (Å²) in [5.41, 5.74) is -1.81. The Morgan fingerprint density at radius 3 is 2.12 bits per heavy atom. The molecule has 0 saturated carbocycles. The van der Waals surface area contributed by atoms with Crippen LogP contribution in [0.3, 0.4) is 0 Å². The third-order valence-electron chi connectivity index (χ3n) is 0.372. The van der Waals surface area contributed by atoms with Crippen molar-refractivity contribution in [2.75, 3.05) is 0 Å². The number of hydrogen-bond acceptors (Lipinski definition) is 3. The number of halogens is 2. The number of nitrogens with zero attached hydrogens (tertiary/aromatic N) is 1. The molecule has 0 heterocycles. The molecule has 8 heavy (non-hydrogen) atoms. The Bertz CT molecular complexity index is 110. The van der Waals surface area contributed by atoms with Crippen LogP contribution in [0.1, 0.15) is 0 Å². The SMILES string of the molecule is O=C(Cl)C(Cl)[N+](=O)[O-]. The first-order valence-corrected chi connectivity index (χ1v) is 2.34. The summed E-state index contributed by atoms with van der Waals surface area (Å²) < 4.78 is 0. The summed E-state index contributed by atoms with van der Waals surface area (Å²) in [5.74, 6) is 0. The number of carbonyl (C=O) groups excluding carboxylic acids is 1. The van der Waals surface area contributed by atoms with Gasteiger partial charge < -0.3 is 0 Å². The molecule has 0 aliphatic heterocycles. The minimum absolute atomic E-state index is 0.975. The predicted molar refractivity (Wildman–Crippen MR) is 27.5 cm³/mol. The van der Waals surface area contributed by atoms with Crippen LogP contribution in [-0.4, -0.2) is 15.7 Å². The van der Waals surface area contributed by atoms with E-state index in [0.29, 0.717) is 0 Å². The lowest BCUT2D eigenvalue weighted by molar-refractivity contribution is -0.483. The van der Waals surface area contributed by atoms with Gasteiger partial charge in [0.25, 0.3) is 0 Å². The quantitative estimate of drug-likeness (QED) is 0.194. The molecule has 0 aliphatic carbocycles. The Hall–Kier alpha value is -0.350. The van der Waals surface area contributed by atoms with Crippen LogP contribution in [0.4, 0.5) is 0 Å². The van der Waals surface area contributed by atoms with Gasteiger partial charge in [-0.2, -0.15) is 0 Å². The van der Waals surface area contributed by atoms with Crippen molar-refractivity contribution < 1.29 is 9.72 Å². The Morgan fingerprint density at radius 2 is 2.12 bits per heavy atom. The fourth-order valence-electron chi connectivity index (χ4n) is 0.0829. The van der Waals surface area contributed by atoms with Crippen molar-refractivity contribution in [2.45, 2.75) is 5.50 Å². The smallest absolute Gasteiger partial charge is 0.272 e. The second kappa shape index (κ2) is 2.84. The molecule has 0 amide bonds. The fraction of sp³-hybridized carbons (Fsp3) is 0.500. The van der Waals surface area contributed by atoms with Crippen LogP contribution in [-0.2, 0) is 4.79 Å². The van der Waals surface area contributed by atoms with Gasteiger partial charge in [0.05, 0.1) is 0 Å². The fourth-order valence-corrected chi connectivity index (χ4v) is 0.163. The molecule has 0 radical (unpaired) electrons. The van der Waals surface area contributed by atoms with E-state index in [1.165, 1.54) is 0 Å². The minimum Gasteiger partial charge on any atom is -0.272 e. The summed E-state index contributed by atoms with van der Waals surface area (Å²) >= 11 is 9.38. The first-order chi connectivity index (χ1) is 3.55. The first kappa shape index (κ1) is 7.65. The maximum absolute atomic E-state index is 9.78. The maximum atomic E-state index is 9.78. The summed E-state index contributed by atoms with van der Waals surface area (Å²) in [6, 6.07) is 0. The van der Waals surface area contributed by atoms with Gasteiger partial charge in [-0.05, 0) is 23.2 Å². The summed E-state index contributed by atoms with van der Waals surface area (Å²) in [5, 5.41) is 8.34. The third-order valence-corrected chi connectivity index (χ3v) is 1.05. The third kappa shape index (κ3) is 2.09. The molecule has 0 saturated heterocycles. The molecular weight excluding hydrogens is 157 g/mol. The molecule has 1 unspecified atom stereocenters. The summed E-state index contributed by atoms with van der Waals surface area (Å²) in [6.07, 6.45) is 0. The molecule has 0 spiro atoms. The molecule has 6 heteroatoms. The Balaban J connectivity index is 3.83. The van der Waals surface area contributed by atoms with E-state index in [2.05, 4.69) is 11.6 Å². The van der Waals surface area contributed by atoms with E-state index in [4.69, 9.17) is 11.6 Å². The van der Waals surface area contributed by atoms with Crippen LogP contribution in [0.15, 0.2) is 0 Å². The standard InChI is InChI=1S/C2HCl2NO3/c3-1(2(4)6)5(7)8/h1H. The van der Waals surface area contributed by atoms with E-state index in [1.807, 2.05) is 0 Å². The lowest BCUT2D eigenvalue weighted by atomic mass is 10.7. The molecule has 0 bridgehead atoms. The van der Waals surface area contributed by atoms with E-state index in [1.54, 1.807) is 0 Å². The van der Waals surface area contributed by atoms with Crippen LogP contribution in [0.2, 0.25) is 0 Å². The molecule has 0 aliphatic rings. The molecule has 0 aromatic heterocycles. The van der Waals surface area contributed by atoms with E-state index >= 15 is 0 Å². The van der Waals surface area contributed by atoms with Gasteiger partial charge in [-0.15, -0.1) is 0 Å². The topological polar surface area (TPSA) is 60.2 Å². The first-order valence-electron chi connectivity index (χ1n) is 1.52. The van der Waals surface area contributed by atoms with Crippen molar-refractivity contribution in [1.82, 2.24) is 0 Å². The monoisotopic (exact) mass is 157 g/mol. The van der Waals surface area contributed by atoms with Gasteiger partial charge in [-0.25, -0.2) is 0 Å². The zero-order valence-corrected chi connectivity index (χ0v) is 5.02. The lowest BCUT2D eigenvalue weighted by Gasteiger charge is -1.89. The molecule has 0 aromatic carbocycles. The Kier molecular flexibility index (Phi) is 2.71. The maximum Gasteiger partial charge on any atom is 0.358 e. The molecule has 4 nitrogen and oxygen atoms in total. The predicted octanol–water partition coefficient (Wildman–Crippen LogP) is 0.593. The van der Waals surface area contributed by atoms with Crippen molar-refractivity contribution >= 4 is 28.4 Å². The van der Waals surface area contributed by atoms with Crippen LogP contribution in [0, 0.1) is 10.1 Å². The van der Waals surface area contributed by atoms with Crippen LogP contribution in [0.5, 0.6) is 0 Å². The highest BCUT2D eigenvalue weighted by Gasteiger charge is 2.23. The van der Waals surface area contributed by atoms with E-state index in [9.17, 15) is 14.9 Å². The number of carbonyl (C=O) groups is 1. The molecule has 0 aromatic rings. The largest absolute Gasteiger partial charge is 0.358 e. The summed E-state index contributed by atoms with van der Waals surface area (Å²) in [7, 11) is 0. The summed E-state index contributed by atoms with van der Waals surface area (Å²) in [6.45, 7) is 0. The minimum atomic E-state index is -1.81. The Labute approximate surface area is 54.5 Å². The van der Waals surface area contributed by atoms with Gasteiger partial charge in [0.1, 0.15) is 0 Å². The normalized spacial score (nSPS) is 12.8. The van der Waals surface area contributed by atoms with E-state index in [0.717, 1.165) is 0 Å². The number of rotatable bonds is 2. The molecule has 46 valence electrons. The van der Waals surface area contributed by atoms with Crippen LogP contribution >= 0.6 is 23.2 Å². The average molecular weight is 158 g/mol. The van der Waals surface area contributed by atoms with Gasteiger partial charge in [0.2, 0.25) is 0 Å². The van der Waals surface area contributed by atoms with Gasteiger partial charge in [0.15, 0.2) is 0 Å². The van der Waals surface area contributed by atoms with E-state index in [-0.39, 0.29) is 0 Å². The Morgan fingerprint density at radius 1 is 1.75 bits per heavy atom. The average Bonchev–Trinajstić information content (AvgIpc) is 1.64. The molecule has 0 N–H and O–H groups in total. The van der Waals surface area contributed by atoms with Crippen molar-refractivity contribution in [2.24, 2.45) is 0 Å². The number of alkyl halides is 1. The van der Waals surface area contributed by atoms with E-state index < -0.39 is 15.7 Å². The van der Waals surface area contributed by atoms with Gasteiger partial charge in [-0.1, -0.05) is 0 Å². The number of hydrogen-bond donors (Lipinski definition) is 0. The highest BCUT2D eigenvalue weighted by Crippen LogP contribution is 1.99. The van der Waals surface area contributed by atoms with Gasteiger partial charge >= 0.3 is 10.7 Å². The molecule has 1 atom stereocenters. The summed E-state index contributed by atoms with van der Waals surface area (Å²) in [4.78, 5) is 18.3. The zero-order chi connectivity index (χ0) is 6.73. The van der Waals surface area contributed by atoms with Crippen LogP contribution in [0.25, 0.3) is 0 Å². The molecule has 0 fully saturated rings. The van der Waals surface area contributed by atoms with Crippen molar-refractivity contribution in [3.8, 4) is 0 Å².